The zero-order valence-corrected chi connectivity index (χ0v) is 19.9. The Kier molecular flexibility index (Phi) is 8.39. The van der Waals surface area contributed by atoms with Crippen molar-refractivity contribution >= 4 is 17.5 Å². The van der Waals surface area contributed by atoms with Gasteiger partial charge in [-0.1, -0.05) is 24.3 Å². The van der Waals surface area contributed by atoms with Gasteiger partial charge < -0.3 is 19.7 Å². The number of aryl methyl sites for hydroxylation is 1. The van der Waals surface area contributed by atoms with Gasteiger partial charge in [-0.2, -0.15) is 0 Å². The van der Waals surface area contributed by atoms with Gasteiger partial charge in [0.2, 0.25) is 11.7 Å². The molecule has 0 fully saturated rings. The molecule has 0 heterocycles. The van der Waals surface area contributed by atoms with Crippen LogP contribution in [0.2, 0.25) is 0 Å². The van der Waals surface area contributed by atoms with E-state index in [2.05, 4.69) is 5.32 Å². The van der Waals surface area contributed by atoms with E-state index in [0.29, 0.717) is 0 Å². The molecular formula is C24H31N3O6. The Morgan fingerprint density at radius 3 is 2.42 bits per heavy atom. The van der Waals surface area contributed by atoms with E-state index >= 15 is 0 Å². The number of nitro benzene ring substituents is 1. The molecule has 0 saturated heterocycles. The summed E-state index contributed by atoms with van der Waals surface area (Å²) in [5, 5.41) is 14.0. The Labute approximate surface area is 193 Å². The highest BCUT2D eigenvalue weighted by Crippen LogP contribution is 2.30. The quantitative estimate of drug-likeness (QED) is 0.455. The molecule has 0 aliphatic rings. The molecule has 1 N–H and O–H groups in total. The van der Waals surface area contributed by atoms with Crippen molar-refractivity contribution in [2.75, 3.05) is 13.7 Å². The summed E-state index contributed by atoms with van der Waals surface area (Å²) in [6, 6.07) is 10.9. The Balaban J connectivity index is 2.23. The molecule has 1 atom stereocenters. The van der Waals surface area contributed by atoms with Crippen molar-refractivity contribution in [3.05, 3.63) is 63.7 Å². The van der Waals surface area contributed by atoms with Crippen molar-refractivity contribution in [3.63, 3.8) is 0 Å². The van der Waals surface area contributed by atoms with Crippen molar-refractivity contribution in [3.8, 4) is 11.5 Å². The molecule has 2 aromatic carbocycles. The number of rotatable bonds is 9. The van der Waals surface area contributed by atoms with Crippen LogP contribution in [0.25, 0.3) is 0 Å². The van der Waals surface area contributed by atoms with Gasteiger partial charge in [-0.15, -0.1) is 0 Å². The van der Waals surface area contributed by atoms with Gasteiger partial charge in [0.25, 0.3) is 5.91 Å². The molecule has 2 aromatic rings. The third-order valence-electron chi connectivity index (χ3n) is 4.98. The molecule has 0 aliphatic carbocycles. The van der Waals surface area contributed by atoms with Crippen molar-refractivity contribution in [1.29, 1.82) is 0 Å². The average molecular weight is 458 g/mol. The molecule has 0 saturated carbocycles. The molecule has 0 spiro atoms. The number of hydrogen-bond acceptors (Lipinski definition) is 6. The molecule has 2 rings (SSSR count). The highest BCUT2D eigenvalue weighted by atomic mass is 16.6. The molecule has 0 radical (unpaired) electrons. The maximum Gasteiger partial charge on any atom is 0.311 e. The van der Waals surface area contributed by atoms with E-state index in [9.17, 15) is 19.7 Å². The monoisotopic (exact) mass is 457 g/mol. The molecule has 0 aliphatic heterocycles. The predicted octanol–water partition coefficient (Wildman–Crippen LogP) is 3.62. The van der Waals surface area contributed by atoms with Gasteiger partial charge >= 0.3 is 5.69 Å². The van der Waals surface area contributed by atoms with E-state index in [1.807, 2.05) is 52.0 Å². The fourth-order valence-corrected chi connectivity index (χ4v) is 3.15. The van der Waals surface area contributed by atoms with Gasteiger partial charge in [0.15, 0.2) is 6.61 Å². The van der Waals surface area contributed by atoms with Gasteiger partial charge in [0, 0.05) is 24.2 Å². The summed E-state index contributed by atoms with van der Waals surface area (Å²) in [6.07, 6.45) is 0. The van der Waals surface area contributed by atoms with Crippen molar-refractivity contribution < 1.29 is 24.0 Å². The number of nitrogens with one attached hydrogen (secondary N) is 1. The zero-order valence-electron chi connectivity index (χ0n) is 19.9. The first kappa shape index (κ1) is 25.6. The summed E-state index contributed by atoms with van der Waals surface area (Å²) < 4.78 is 10.6. The fourth-order valence-electron chi connectivity index (χ4n) is 3.15. The normalized spacial score (nSPS) is 11.9. The summed E-state index contributed by atoms with van der Waals surface area (Å²) in [5.74, 6) is -0.401. The van der Waals surface area contributed by atoms with Gasteiger partial charge in [0.1, 0.15) is 11.8 Å². The number of ether oxygens (including phenoxy) is 2. The van der Waals surface area contributed by atoms with Crippen LogP contribution in [-0.2, 0) is 16.1 Å². The Morgan fingerprint density at radius 2 is 1.85 bits per heavy atom. The first-order valence-electron chi connectivity index (χ1n) is 10.5. The van der Waals surface area contributed by atoms with Gasteiger partial charge in [-0.3, -0.25) is 19.7 Å². The SMILES string of the molecule is COc1cc(OCC(=O)N(Cc2ccccc2C)[C@H](C)C(=O)NC(C)(C)C)ccc1[N+](=O)[O-]. The molecule has 2 amide bonds. The second-order valence-electron chi connectivity index (χ2n) is 8.74. The summed E-state index contributed by atoms with van der Waals surface area (Å²) in [4.78, 5) is 37.9. The maximum atomic E-state index is 13.2. The minimum Gasteiger partial charge on any atom is -0.490 e. The molecule has 0 unspecified atom stereocenters. The largest absolute Gasteiger partial charge is 0.490 e. The maximum absolute atomic E-state index is 13.2. The molecular weight excluding hydrogens is 426 g/mol. The van der Waals surface area contributed by atoms with Crippen LogP contribution >= 0.6 is 0 Å². The third kappa shape index (κ3) is 7.20. The number of nitrogens with zero attached hydrogens (tertiary/aromatic N) is 2. The topological polar surface area (TPSA) is 111 Å². The number of benzene rings is 2. The number of carbonyl (C=O) groups is 2. The van der Waals surface area contributed by atoms with Gasteiger partial charge in [-0.05, 0) is 51.8 Å². The highest BCUT2D eigenvalue weighted by Gasteiger charge is 2.29. The lowest BCUT2D eigenvalue weighted by Gasteiger charge is -2.31. The lowest BCUT2D eigenvalue weighted by atomic mass is 10.1. The first-order chi connectivity index (χ1) is 15.4. The summed E-state index contributed by atoms with van der Waals surface area (Å²) in [6.45, 7) is 9.11. The standard InChI is InChI=1S/C24H31N3O6/c1-16-9-7-8-10-18(16)14-26(17(2)23(29)25-24(3,4)5)22(28)15-33-19-11-12-20(27(30)31)21(13-19)32-6/h7-13,17H,14-15H2,1-6H3,(H,25,29)/t17-/m1/s1. The second-order valence-corrected chi connectivity index (χ2v) is 8.74. The van der Waals surface area contributed by atoms with E-state index in [4.69, 9.17) is 9.47 Å². The summed E-state index contributed by atoms with van der Waals surface area (Å²) >= 11 is 0. The van der Waals surface area contributed by atoms with Crippen LogP contribution < -0.4 is 14.8 Å². The smallest absolute Gasteiger partial charge is 0.311 e. The van der Waals surface area contributed by atoms with Crippen LogP contribution in [0.3, 0.4) is 0 Å². The van der Waals surface area contributed by atoms with E-state index in [-0.39, 0.29) is 36.2 Å². The van der Waals surface area contributed by atoms with Crippen LogP contribution in [0.15, 0.2) is 42.5 Å². The first-order valence-corrected chi connectivity index (χ1v) is 10.5. The van der Waals surface area contributed by atoms with Crippen LogP contribution in [0.1, 0.15) is 38.8 Å². The van der Waals surface area contributed by atoms with E-state index in [1.165, 1.54) is 30.2 Å². The van der Waals surface area contributed by atoms with Gasteiger partial charge in [0.05, 0.1) is 12.0 Å². The minimum atomic E-state index is -0.744. The second kappa shape index (κ2) is 10.8. The number of hydrogen-bond donors (Lipinski definition) is 1. The van der Waals surface area contributed by atoms with Crippen molar-refractivity contribution in [2.24, 2.45) is 0 Å². The number of nitro groups is 1. The molecule has 9 nitrogen and oxygen atoms in total. The molecule has 0 bridgehead atoms. The van der Waals surface area contributed by atoms with Crippen LogP contribution in [0.4, 0.5) is 5.69 Å². The summed E-state index contributed by atoms with van der Waals surface area (Å²) in [5.41, 5.74) is 1.26. The fraction of sp³-hybridized carbons (Fsp3) is 0.417. The number of methoxy groups -OCH3 is 1. The highest BCUT2D eigenvalue weighted by molar-refractivity contribution is 5.88. The van der Waals surface area contributed by atoms with Gasteiger partial charge in [-0.25, -0.2) is 0 Å². The number of carbonyl (C=O) groups excluding carboxylic acids is 2. The average Bonchev–Trinajstić information content (AvgIpc) is 2.74. The Bertz CT molecular complexity index is 1020. The van der Waals surface area contributed by atoms with Crippen molar-refractivity contribution in [2.45, 2.75) is 52.7 Å². The lowest BCUT2D eigenvalue weighted by molar-refractivity contribution is -0.385. The van der Waals surface area contributed by atoms with E-state index in [1.54, 1.807) is 6.92 Å². The van der Waals surface area contributed by atoms with Crippen LogP contribution in [0.5, 0.6) is 11.5 Å². The van der Waals surface area contributed by atoms with Crippen LogP contribution in [-0.4, -0.2) is 46.9 Å². The van der Waals surface area contributed by atoms with E-state index in [0.717, 1.165) is 11.1 Å². The Morgan fingerprint density at radius 1 is 1.18 bits per heavy atom. The van der Waals surface area contributed by atoms with Crippen molar-refractivity contribution in [1.82, 2.24) is 10.2 Å². The Hall–Kier alpha value is -3.62. The summed E-state index contributed by atoms with van der Waals surface area (Å²) in [7, 11) is 1.32. The van der Waals surface area contributed by atoms with E-state index < -0.39 is 22.4 Å². The minimum absolute atomic E-state index is 0.0274. The number of amides is 2. The molecule has 33 heavy (non-hydrogen) atoms. The third-order valence-corrected chi connectivity index (χ3v) is 4.98. The predicted molar refractivity (Wildman–Crippen MR) is 124 cm³/mol. The molecule has 9 heteroatoms. The zero-order chi connectivity index (χ0) is 24.8. The van der Waals surface area contributed by atoms with Crippen LogP contribution in [0, 0.1) is 17.0 Å². The molecule has 178 valence electrons. The lowest BCUT2D eigenvalue weighted by Crippen LogP contribution is -2.53. The molecule has 0 aromatic heterocycles.